The van der Waals surface area contributed by atoms with Gasteiger partial charge in [0.2, 0.25) is 15.9 Å². The van der Waals surface area contributed by atoms with Gasteiger partial charge in [0, 0.05) is 12.5 Å². The monoisotopic (exact) mass is 394 g/mol. The molecule has 0 aromatic heterocycles. The van der Waals surface area contributed by atoms with E-state index in [9.17, 15) is 17.6 Å². The highest BCUT2D eigenvalue weighted by atomic mass is 32.2. The molecule has 1 atom stereocenters. The molecule has 146 valence electrons. The van der Waals surface area contributed by atoms with Crippen molar-refractivity contribution in [1.29, 1.82) is 0 Å². The molecule has 1 amide bonds. The van der Waals surface area contributed by atoms with Gasteiger partial charge in [-0.1, -0.05) is 24.3 Å². The normalized spacial score (nSPS) is 12.3. The number of carbonyl (C=O) groups excluding carboxylic acids is 1. The summed E-state index contributed by atoms with van der Waals surface area (Å²) < 4.78 is 43.9. The first kappa shape index (κ1) is 20.7. The van der Waals surface area contributed by atoms with Crippen molar-refractivity contribution in [3.63, 3.8) is 0 Å². The van der Waals surface area contributed by atoms with Crippen LogP contribution in [0.4, 0.5) is 10.1 Å². The van der Waals surface area contributed by atoms with Crippen molar-refractivity contribution in [2.24, 2.45) is 0 Å². The number of benzene rings is 2. The van der Waals surface area contributed by atoms with Crippen molar-refractivity contribution < 1.29 is 22.3 Å². The highest BCUT2D eigenvalue weighted by molar-refractivity contribution is 7.92. The number of nitrogens with one attached hydrogen (secondary N) is 2. The molecular weight excluding hydrogens is 371 g/mol. The zero-order valence-corrected chi connectivity index (χ0v) is 16.1. The lowest BCUT2D eigenvalue weighted by atomic mass is 10.1. The average molecular weight is 394 g/mol. The van der Waals surface area contributed by atoms with Crippen LogP contribution >= 0.6 is 0 Å². The van der Waals surface area contributed by atoms with Gasteiger partial charge in [-0.05, 0) is 37.1 Å². The molecule has 0 fully saturated rings. The van der Waals surface area contributed by atoms with Gasteiger partial charge >= 0.3 is 0 Å². The van der Waals surface area contributed by atoms with Gasteiger partial charge in [0.1, 0.15) is 11.6 Å². The fourth-order valence-corrected chi connectivity index (χ4v) is 3.12. The molecule has 0 aliphatic rings. The van der Waals surface area contributed by atoms with E-state index in [1.54, 1.807) is 43.3 Å². The molecule has 0 saturated carbocycles. The van der Waals surface area contributed by atoms with E-state index < -0.39 is 10.0 Å². The maximum atomic E-state index is 13.1. The number of hydrogen-bond acceptors (Lipinski definition) is 4. The van der Waals surface area contributed by atoms with Crippen molar-refractivity contribution in [2.75, 3.05) is 17.6 Å². The average Bonchev–Trinajstić information content (AvgIpc) is 2.58. The summed E-state index contributed by atoms with van der Waals surface area (Å²) in [5, 5.41) is 2.84. The molecule has 2 N–H and O–H groups in total. The molecule has 1 unspecified atom stereocenters. The van der Waals surface area contributed by atoms with E-state index in [1.807, 2.05) is 0 Å². The summed E-state index contributed by atoms with van der Waals surface area (Å²) in [6, 6.07) is 12.3. The Morgan fingerprint density at radius 1 is 1.19 bits per heavy atom. The fraction of sp³-hybridized carbons (Fsp3) is 0.316. The van der Waals surface area contributed by atoms with E-state index >= 15 is 0 Å². The van der Waals surface area contributed by atoms with E-state index in [1.165, 1.54) is 12.1 Å². The summed E-state index contributed by atoms with van der Waals surface area (Å²) in [6.45, 7) is 2.07. The van der Waals surface area contributed by atoms with Crippen LogP contribution in [0, 0.1) is 5.82 Å². The number of anilines is 1. The van der Waals surface area contributed by atoms with Gasteiger partial charge in [0.05, 0.1) is 24.6 Å². The number of carbonyl (C=O) groups is 1. The lowest BCUT2D eigenvalue weighted by Gasteiger charge is -2.18. The largest absolute Gasteiger partial charge is 0.493 e. The summed E-state index contributed by atoms with van der Waals surface area (Å²) in [5.74, 6) is -0.135. The summed E-state index contributed by atoms with van der Waals surface area (Å²) in [7, 11) is -3.41. The molecule has 2 aromatic rings. The van der Waals surface area contributed by atoms with Gasteiger partial charge in [-0.3, -0.25) is 9.52 Å². The topological polar surface area (TPSA) is 84.5 Å². The maximum Gasteiger partial charge on any atom is 0.229 e. The lowest BCUT2D eigenvalue weighted by Crippen LogP contribution is -2.27. The third kappa shape index (κ3) is 7.26. The molecule has 0 aliphatic carbocycles. The molecule has 0 spiro atoms. The Morgan fingerprint density at radius 2 is 1.93 bits per heavy atom. The van der Waals surface area contributed by atoms with E-state index in [0.29, 0.717) is 23.4 Å². The number of amides is 1. The van der Waals surface area contributed by atoms with Gasteiger partial charge in [-0.15, -0.1) is 0 Å². The Balaban J connectivity index is 1.83. The zero-order valence-electron chi connectivity index (χ0n) is 15.2. The van der Waals surface area contributed by atoms with E-state index in [2.05, 4.69) is 10.0 Å². The van der Waals surface area contributed by atoms with Crippen LogP contribution in [0.5, 0.6) is 5.75 Å². The van der Waals surface area contributed by atoms with Crippen LogP contribution in [-0.4, -0.2) is 27.2 Å². The molecule has 0 radical (unpaired) electrons. The molecule has 6 nitrogen and oxygen atoms in total. The van der Waals surface area contributed by atoms with Crippen LogP contribution in [0.2, 0.25) is 0 Å². The van der Waals surface area contributed by atoms with Crippen LogP contribution in [0.1, 0.15) is 31.4 Å². The van der Waals surface area contributed by atoms with Crippen LogP contribution in [0.25, 0.3) is 0 Å². The van der Waals surface area contributed by atoms with Crippen molar-refractivity contribution in [1.82, 2.24) is 5.32 Å². The van der Waals surface area contributed by atoms with E-state index in [4.69, 9.17) is 4.74 Å². The second-order valence-electron chi connectivity index (χ2n) is 6.16. The predicted molar refractivity (Wildman–Crippen MR) is 103 cm³/mol. The minimum atomic E-state index is -3.41. The summed E-state index contributed by atoms with van der Waals surface area (Å²) in [6.07, 6.45) is 1.78. The fourth-order valence-electron chi connectivity index (χ4n) is 2.54. The Hall–Kier alpha value is -2.61. The van der Waals surface area contributed by atoms with E-state index in [-0.39, 0.29) is 30.8 Å². The van der Waals surface area contributed by atoms with Crippen molar-refractivity contribution >= 4 is 21.6 Å². The molecule has 27 heavy (non-hydrogen) atoms. The highest BCUT2D eigenvalue weighted by Crippen LogP contribution is 2.23. The third-order valence-electron chi connectivity index (χ3n) is 3.71. The van der Waals surface area contributed by atoms with Gasteiger partial charge in [-0.2, -0.15) is 0 Å². The number of hydrogen-bond donors (Lipinski definition) is 2. The third-order valence-corrected chi connectivity index (χ3v) is 4.30. The first-order valence-corrected chi connectivity index (χ1v) is 10.4. The smallest absolute Gasteiger partial charge is 0.229 e. The summed E-state index contributed by atoms with van der Waals surface area (Å²) in [4.78, 5) is 12.1. The van der Waals surface area contributed by atoms with Crippen molar-refractivity contribution in [3.8, 4) is 5.75 Å². The first-order valence-electron chi connectivity index (χ1n) is 8.49. The standard InChI is InChI=1S/C19H23FN2O4S/c1-14(17-9-3-4-10-18(17)22-27(2,24)25)21-19(23)11-6-12-26-16-8-5-7-15(20)13-16/h3-5,7-10,13-14,22H,6,11-12H2,1-2H3,(H,21,23). The molecular formula is C19H23FN2O4S. The van der Waals surface area contributed by atoms with Crippen molar-refractivity contribution in [3.05, 3.63) is 59.9 Å². The number of ether oxygens (including phenoxy) is 1. The van der Waals surface area contributed by atoms with Crippen LogP contribution in [0.3, 0.4) is 0 Å². The van der Waals surface area contributed by atoms with Gasteiger partial charge < -0.3 is 10.1 Å². The quantitative estimate of drug-likeness (QED) is 0.640. The predicted octanol–water partition coefficient (Wildman–Crippen LogP) is 3.23. The first-order chi connectivity index (χ1) is 12.7. The minimum absolute atomic E-state index is 0.181. The molecule has 0 saturated heterocycles. The lowest BCUT2D eigenvalue weighted by molar-refractivity contribution is -0.121. The maximum absolute atomic E-state index is 13.1. The summed E-state index contributed by atoms with van der Waals surface area (Å²) in [5.41, 5.74) is 1.11. The minimum Gasteiger partial charge on any atom is -0.493 e. The summed E-state index contributed by atoms with van der Waals surface area (Å²) >= 11 is 0. The Kier molecular flexibility index (Phi) is 7.18. The number of sulfonamides is 1. The van der Waals surface area contributed by atoms with Crippen LogP contribution in [-0.2, 0) is 14.8 Å². The Morgan fingerprint density at radius 3 is 2.63 bits per heavy atom. The van der Waals surface area contributed by atoms with Gasteiger partial charge in [-0.25, -0.2) is 12.8 Å². The van der Waals surface area contributed by atoms with Crippen molar-refractivity contribution in [2.45, 2.75) is 25.8 Å². The van der Waals surface area contributed by atoms with E-state index in [0.717, 1.165) is 6.26 Å². The van der Waals surface area contributed by atoms with Crippen LogP contribution in [0.15, 0.2) is 48.5 Å². The number of rotatable bonds is 9. The number of para-hydroxylation sites is 1. The zero-order chi connectivity index (χ0) is 19.9. The Labute approximate surface area is 158 Å². The Bertz CT molecular complexity index is 887. The highest BCUT2D eigenvalue weighted by Gasteiger charge is 2.15. The molecule has 0 aliphatic heterocycles. The second kappa shape index (κ2) is 9.36. The molecule has 0 heterocycles. The SMILES string of the molecule is CC(NC(=O)CCCOc1cccc(F)c1)c1ccccc1NS(C)(=O)=O. The van der Waals surface area contributed by atoms with Gasteiger partial charge in [0.15, 0.2) is 0 Å². The molecule has 8 heteroatoms. The van der Waals surface area contributed by atoms with Gasteiger partial charge in [0.25, 0.3) is 0 Å². The molecule has 2 aromatic carbocycles. The second-order valence-corrected chi connectivity index (χ2v) is 7.91. The molecule has 2 rings (SSSR count). The molecule has 0 bridgehead atoms. The van der Waals surface area contributed by atoms with Crippen LogP contribution < -0.4 is 14.8 Å². The number of halogens is 1.